The molecule has 0 spiro atoms. The van der Waals surface area contributed by atoms with E-state index in [0.717, 1.165) is 4.47 Å². The van der Waals surface area contributed by atoms with Crippen LogP contribution in [0.2, 0.25) is 0 Å². The minimum Gasteiger partial charge on any atom is -0.396 e. The van der Waals surface area contributed by atoms with E-state index in [-0.39, 0.29) is 25.7 Å². The number of benzene rings is 1. The van der Waals surface area contributed by atoms with Crippen molar-refractivity contribution in [2.24, 2.45) is 0 Å². The van der Waals surface area contributed by atoms with Crippen molar-refractivity contribution in [1.29, 1.82) is 0 Å². The third-order valence-corrected chi connectivity index (χ3v) is 2.86. The van der Waals surface area contributed by atoms with Crippen molar-refractivity contribution >= 4 is 21.8 Å². The molecule has 0 aliphatic carbocycles. The smallest absolute Gasteiger partial charge is 0.253 e. The van der Waals surface area contributed by atoms with Gasteiger partial charge >= 0.3 is 0 Å². The normalized spacial score (nSPS) is 10.3. The molecule has 0 saturated heterocycles. The second kappa shape index (κ2) is 7.42. The summed E-state index contributed by atoms with van der Waals surface area (Å²) in [6.07, 6.45) is 0.516. The van der Waals surface area contributed by atoms with Crippen molar-refractivity contribution in [2.75, 3.05) is 26.3 Å². The maximum absolute atomic E-state index is 12.1. The summed E-state index contributed by atoms with van der Waals surface area (Å²) in [6.45, 7) is 0.699. The predicted octanol–water partition coefficient (Wildman–Crippen LogP) is 1.27. The molecule has 2 N–H and O–H groups in total. The molecule has 0 fully saturated rings. The van der Waals surface area contributed by atoms with Crippen molar-refractivity contribution in [3.05, 3.63) is 34.3 Å². The van der Waals surface area contributed by atoms with Gasteiger partial charge in [0.1, 0.15) is 0 Å². The molecule has 1 aromatic carbocycles. The first kappa shape index (κ1) is 14.2. The molecule has 1 rings (SSSR count). The molecule has 0 unspecified atom stereocenters. The van der Waals surface area contributed by atoms with E-state index in [1.807, 2.05) is 0 Å². The average molecular weight is 302 g/mol. The molecular formula is C12H16BrNO3. The van der Waals surface area contributed by atoms with E-state index in [1.54, 1.807) is 29.2 Å². The minimum atomic E-state index is -0.125. The number of hydrogen-bond donors (Lipinski definition) is 2. The number of carbonyl (C=O) groups is 1. The van der Waals surface area contributed by atoms with Crippen LogP contribution < -0.4 is 0 Å². The van der Waals surface area contributed by atoms with Gasteiger partial charge in [0, 0.05) is 29.7 Å². The maximum Gasteiger partial charge on any atom is 0.253 e. The van der Waals surface area contributed by atoms with Crippen LogP contribution in [-0.2, 0) is 0 Å². The van der Waals surface area contributed by atoms with Gasteiger partial charge in [0.05, 0.1) is 6.61 Å². The molecule has 4 nitrogen and oxygen atoms in total. The van der Waals surface area contributed by atoms with Gasteiger partial charge in [0.2, 0.25) is 0 Å². The van der Waals surface area contributed by atoms with Crippen molar-refractivity contribution in [2.45, 2.75) is 6.42 Å². The SMILES string of the molecule is O=C(c1ccc(Br)cc1)N(CCO)CCCO. The Morgan fingerprint density at radius 2 is 1.76 bits per heavy atom. The summed E-state index contributed by atoms with van der Waals surface area (Å²) in [4.78, 5) is 13.6. The summed E-state index contributed by atoms with van der Waals surface area (Å²) < 4.78 is 0.915. The van der Waals surface area contributed by atoms with Crippen molar-refractivity contribution < 1.29 is 15.0 Å². The van der Waals surface area contributed by atoms with Gasteiger partial charge < -0.3 is 15.1 Å². The van der Waals surface area contributed by atoms with Gasteiger partial charge in [-0.1, -0.05) is 15.9 Å². The zero-order valence-corrected chi connectivity index (χ0v) is 11.1. The van der Waals surface area contributed by atoms with Crippen LogP contribution in [-0.4, -0.2) is 47.3 Å². The minimum absolute atomic E-state index is 0.0372. The molecule has 0 aliphatic heterocycles. The Hall–Kier alpha value is -0.910. The molecule has 0 atom stereocenters. The molecule has 1 aromatic rings. The highest BCUT2D eigenvalue weighted by Crippen LogP contribution is 2.12. The van der Waals surface area contributed by atoms with Crippen LogP contribution in [0.15, 0.2) is 28.7 Å². The highest BCUT2D eigenvalue weighted by atomic mass is 79.9. The van der Waals surface area contributed by atoms with Crippen LogP contribution in [0.1, 0.15) is 16.8 Å². The number of aliphatic hydroxyl groups is 2. The summed E-state index contributed by atoms with van der Waals surface area (Å²) in [5.74, 6) is -0.125. The topological polar surface area (TPSA) is 60.8 Å². The maximum atomic E-state index is 12.1. The van der Waals surface area contributed by atoms with E-state index in [0.29, 0.717) is 18.5 Å². The fourth-order valence-electron chi connectivity index (χ4n) is 1.47. The number of amides is 1. The van der Waals surface area contributed by atoms with E-state index >= 15 is 0 Å². The quantitative estimate of drug-likeness (QED) is 0.832. The highest BCUT2D eigenvalue weighted by molar-refractivity contribution is 9.10. The summed E-state index contributed by atoms with van der Waals surface area (Å²) in [7, 11) is 0. The van der Waals surface area contributed by atoms with Gasteiger partial charge in [-0.25, -0.2) is 0 Å². The number of halogens is 1. The van der Waals surface area contributed by atoms with Crippen molar-refractivity contribution in [3.63, 3.8) is 0 Å². The predicted molar refractivity (Wildman–Crippen MR) is 68.8 cm³/mol. The molecule has 0 heterocycles. The van der Waals surface area contributed by atoms with E-state index in [4.69, 9.17) is 10.2 Å². The number of carbonyl (C=O) groups excluding carboxylic acids is 1. The molecular weight excluding hydrogens is 286 g/mol. The number of rotatable bonds is 6. The first-order valence-electron chi connectivity index (χ1n) is 5.45. The van der Waals surface area contributed by atoms with Gasteiger partial charge in [0.15, 0.2) is 0 Å². The Labute approximate surface area is 109 Å². The Balaban J connectivity index is 2.72. The van der Waals surface area contributed by atoms with Crippen LogP contribution in [0.4, 0.5) is 0 Å². The van der Waals surface area contributed by atoms with Crippen molar-refractivity contribution in [1.82, 2.24) is 4.90 Å². The zero-order chi connectivity index (χ0) is 12.7. The molecule has 94 valence electrons. The number of nitrogens with zero attached hydrogens (tertiary/aromatic N) is 1. The van der Waals surface area contributed by atoms with Gasteiger partial charge in [-0.3, -0.25) is 4.79 Å². The van der Waals surface area contributed by atoms with Crippen LogP contribution in [0.3, 0.4) is 0 Å². The third kappa shape index (κ3) is 4.46. The fourth-order valence-corrected chi connectivity index (χ4v) is 1.74. The Kier molecular flexibility index (Phi) is 6.18. The van der Waals surface area contributed by atoms with Crippen LogP contribution in [0, 0.1) is 0 Å². The zero-order valence-electron chi connectivity index (χ0n) is 9.47. The van der Waals surface area contributed by atoms with Crippen LogP contribution in [0.25, 0.3) is 0 Å². The standard InChI is InChI=1S/C12H16BrNO3/c13-11-4-2-10(3-5-11)12(17)14(7-9-16)6-1-8-15/h2-5,15-16H,1,6-9H2. The molecule has 0 aliphatic rings. The van der Waals surface area contributed by atoms with Gasteiger partial charge in [0.25, 0.3) is 5.91 Å². The summed E-state index contributed by atoms with van der Waals surface area (Å²) in [5, 5.41) is 17.7. The van der Waals surface area contributed by atoms with Gasteiger partial charge in [-0.15, -0.1) is 0 Å². The summed E-state index contributed by atoms with van der Waals surface area (Å²) in [5.41, 5.74) is 0.583. The first-order valence-corrected chi connectivity index (χ1v) is 6.25. The lowest BCUT2D eigenvalue weighted by molar-refractivity contribution is 0.0710. The fraction of sp³-hybridized carbons (Fsp3) is 0.417. The highest BCUT2D eigenvalue weighted by Gasteiger charge is 2.14. The van der Waals surface area contributed by atoms with E-state index in [1.165, 1.54) is 0 Å². The lowest BCUT2D eigenvalue weighted by Gasteiger charge is -2.21. The molecule has 5 heteroatoms. The molecule has 1 amide bonds. The summed E-state index contributed by atoms with van der Waals surface area (Å²) >= 11 is 3.31. The Morgan fingerprint density at radius 3 is 2.29 bits per heavy atom. The Bertz CT molecular complexity index is 353. The van der Waals surface area contributed by atoms with Crippen LogP contribution >= 0.6 is 15.9 Å². The van der Waals surface area contributed by atoms with Gasteiger partial charge in [-0.2, -0.15) is 0 Å². The largest absolute Gasteiger partial charge is 0.396 e. The monoisotopic (exact) mass is 301 g/mol. The number of aliphatic hydroxyl groups excluding tert-OH is 2. The average Bonchev–Trinajstić information content (AvgIpc) is 2.34. The third-order valence-electron chi connectivity index (χ3n) is 2.33. The number of hydrogen-bond acceptors (Lipinski definition) is 3. The second-order valence-corrected chi connectivity index (χ2v) is 4.52. The Morgan fingerprint density at radius 1 is 1.12 bits per heavy atom. The second-order valence-electron chi connectivity index (χ2n) is 3.60. The van der Waals surface area contributed by atoms with Crippen molar-refractivity contribution in [3.8, 4) is 0 Å². The first-order chi connectivity index (χ1) is 8.19. The molecule has 0 saturated carbocycles. The van der Waals surface area contributed by atoms with E-state index in [9.17, 15) is 4.79 Å². The van der Waals surface area contributed by atoms with E-state index < -0.39 is 0 Å². The lowest BCUT2D eigenvalue weighted by atomic mass is 10.2. The molecule has 0 radical (unpaired) electrons. The van der Waals surface area contributed by atoms with Gasteiger partial charge in [-0.05, 0) is 30.7 Å². The molecule has 0 aromatic heterocycles. The summed E-state index contributed by atoms with van der Waals surface area (Å²) in [6, 6.07) is 7.07. The lowest BCUT2D eigenvalue weighted by Crippen LogP contribution is -2.34. The van der Waals surface area contributed by atoms with Crippen LogP contribution in [0.5, 0.6) is 0 Å². The molecule has 0 bridgehead atoms. The van der Waals surface area contributed by atoms with E-state index in [2.05, 4.69) is 15.9 Å². The molecule has 17 heavy (non-hydrogen) atoms.